The highest BCUT2D eigenvalue weighted by Crippen LogP contribution is 2.28. The number of nitrogens with zero attached hydrogens (tertiary/aromatic N) is 1. The third kappa shape index (κ3) is 1.99. The highest BCUT2D eigenvalue weighted by Gasteiger charge is 2.32. The second-order valence-electron chi connectivity index (χ2n) is 4.73. The summed E-state index contributed by atoms with van der Waals surface area (Å²) in [5.74, 6) is 0.0167. The van der Waals surface area contributed by atoms with Crippen LogP contribution in [0.15, 0.2) is 30.5 Å². The van der Waals surface area contributed by atoms with Crippen LogP contribution in [0.2, 0.25) is 0 Å². The molecule has 2 aromatic rings. The van der Waals surface area contributed by atoms with Crippen molar-refractivity contribution in [3.8, 4) is 0 Å². The normalized spacial score (nSPS) is 14.9. The Balaban J connectivity index is 1.89. The molecular weight excluding hydrogens is 228 g/mol. The molecule has 94 valence electrons. The third-order valence-electron chi connectivity index (χ3n) is 3.39. The van der Waals surface area contributed by atoms with Gasteiger partial charge in [0.15, 0.2) is 0 Å². The van der Waals surface area contributed by atoms with Gasteiger partial charge >= 0.3 is 0 Å². The zero-order valence-corrected chi connectivity index (χ0v) is 10.1. The van der Waals surface area contributed by atoms with Gasteiger partial charge in [-0.05, 0) is 36.4 Å². The Morgan fingerprint density at radius 2 is 2.22 bits per heavy atom. The molecule has 1 fully saturated rings. The first-order valence-electron chi connectivity index (χ1n) is 6.28. The molecular formula is C14H16N2O2. The number of aromatic amines is 1. The molecule has 2 N–H and O–H groups in total. The summed E-state index contributed by atoms with van der Waals surface area (Å²) in [6.45, 7) is 0.444. The Morgan fingerprint density at radius 1 is 1.39 bits per heavy atom. The topological polar surface area (TPSA) is 56.3 Å². The van der Waals surface area contributed by atoms with Crippen molar-refractivity contribution < 1.29 is 9.90 Å². The molecule has 0 spiro atoms. The summed E-state index contributed by atoms with van der Waals surface area (Å²) in [5, 5.41) is 10.2. The first-order valence-corrected chi connectivity index (χ1v) is 6.28. The number of carbonyl (C=O) groups excluding carboxylic acids is 1. The van der Waals surface area contributed by atoms with Crippen molar-refractivity contribution in [2.24, 2.45) is 0 Å². The fourth-order valence-electron chi connectivity index (χ4n) is 2.29. The van der Waals surface area contributed by atoms with Crippen molar-refractivity contribution in [2.45, 2.75) is 18.9 Å². The van der Waals surface area contributed by atoms with Crippen molar-refractivity contribution >= 4 is 16.8 Å². The van der Waals surface area contributed by atoms with Crippen LogP contribution in [0.5, 0.6) is 0 Å². The number of nitrogens with one attached hydrogen (secondary N) is 1. The van der Waals surface area contributed by atoms with E-state index in [0.717, 1.165) is 23.7 Å². The van der Waals surface area contributed by atoms with Crippen LogP contribution >= 0.6 is 0 Å². The van der Waals surface area contributed by atoms with Crippen LogP contribution in [0, 0.1) is 0 Å². The molecule has 1 aliphatic carbocycles. The molecule has 0 unspecified atom stereocenters. The van der Waals surface area contributed by atoms with Crippen molar-refractivity contribution in [3.05, 3.63) is 36.0 Å². The van der Waals surface area contributed by atoms with Gasteiger partial charge in [0.1, 0.15) is 0 Å². The molecule has 18 heavy (non-hydrogen) atoms. The van der Waals surface area contributed by atoms with Gasteiger partial charge in [0.05, 0.1) is 6.61 Å². The number of fused-ring (bicyclic) bond motifs is 1. The van der Waals surface area contributed by atoms with E-state index in [4.69, 9.17) is 5.11 Å². The maximum atomic E-state index is 12.4. The van der Waals surface area contributed by atoms with Crippen LogP contribution in [-0.2, 0) is 0 Å². The molecule has 1 aromatic heterocycles. The molecule has 0 atom stereocenters. The maximum Gasteiger partial charge on any atom is 0.254 e. The smallest absolute Gasteiger partial charge is 0.254 e. The molecule has 1 amide bonds. The van der Waals surface area contributed by atoms with Gasteiger partial charge in [0.25, 0.3) is 5.91 Å². The largest absolute Gasteiger partial charge is 0.395 e. The van der Waals surface area contributed by atoms with Crippen molar-refractivity contribution in [2.75, 3.05) is 13.2 Å². The number of benzene rings is 1. The minimum atomic E-state index is 0.0167. The number of aliphatic hydroxyl groups is 1. The lowest BCUT2D eigenvalue weighted by Crippen LogP contribution is -2.35. The molecule has 1 aromatic carbocycles. The fourth-order valence-corrected chi connectivity index (χ4v) is 2.29. The molecule has 3 rings (SSSR count). The maximum absolute atomic E-state index is 12.4. The second-order valence-corrected chi connectivity index (χ2v) is 4.73. The average Bonchev–Trinajstić information content (AvgIpc) is 3.12. The Hall–Kier alpha value is -1.81. The average molecular weight is 244 g/mol. The zero-order chi connectivity index (χ0) is 12.5. The number of aromatic nitrogens is 1. The summed E-state index contributed by atoms with van der Waals surface area (Å²) >= 11 is 0. The van der Waals surface area contributed by atoms with E-state index in [1.54, 1.807) is 4.90 Å². The number of amides is 1. The quantitative estimate of drug-likeness (QED) is 0.861. The highest BCUT2D eigenvalue weighted by atomic mass is 16.3. The first kappa shape index (κ1) is 11.3. The van der Waals surface area contributed by atoms with E-state index in [1.165, 1.54) is 0 Å². The molecule has 1 aliphatic rings. The van der Waals surface area contributed by atoms with Gasteiger partial charge < -0.3 is 15.0 Å². The van der Waals surface area contributed by atoms with Crippen LogP contribution in [0.1, 0.15) is 23.2 Å². The molecule has 1 saturated carbocycles. The summed E-state index contributed by atoms with van der Waals surface area (Å²) in [4.78, 5) is 17.3. The molecule has 0 aliphatic heterocycles. The van der Waals surface area contributed by atoms with Crippen molar-refractivity contribution in [3.63, 3.8) is 0 Å². The highest BCUT2D eigenvalue weighted by molar-refractivity contribution is 5.98. The summed E-state index contributed by atoms with van der Waals surface area (Å²) in [5.41, 5.74) is 1.66. The van der Waals surface area contributed by atoms with Gasteiger partial charge in [-0.15, -0.1) is 0 Å². The number of rotatable bonds is 4. The Labute approximate surface area is 105 Å². The summed E-state index contributed by atoms with van der Waals surface area (Å²) in [6.07, 6.45) is 3.97. The molecule has 4 heteroatoms. The lowest BCUT2D eigenvalue weighted by Gasteiger charge is -2.21. The summed E-state index contributed by atoms with van der Waals surface area (Å²) < 4.78 is 0. The predicted molar refractivity (Wildman–Crippen MR) is 69.4 cm³/mol. The van der Waals surface area contributed by atoms with Gasteiger partial charge in [-0.3, -0.25) is 4.79 Å². The van der Waals surface area contributed by atoms with Crippen LogP contribution in [0.25, 0.3) is 10.9 Å². The van der Waals surface area contributed by atoms with Crippen LogP contribution in [0.4, 0.5) is 0 Å². The zero-order valence-electron chi connectivity index (χ0n) is 10.1. The van der Waals surface area contributed by atoms with Gasteiger partial charge in [0.2, 0.25) is 0 Å². The number of carbonyl (C=O) groups is 1. The SMILES string of the molecule is O=C(c1ccc2cc[nH]c2c1)N(CCO)C1CC1. The van der Waals surface area contributed by atoms with Crippen molar-refractivity contribution in [1.82, 2.24) is 9.88 Å². The lowest BCUT2D eigenvalue weighted by atomic mass is 10.1. The minimum Gasteiger partial charge on any atom is -0.395 e. The second kappa shape index (κ2) is 4.46. The first-order chi connectivity index (χ1) is 8.79. The van der Waals surface area contributed by atoms with Crippen molar-refractivity contribution in [1.29, 1.82) is 0 Å². The van der Waals surface area contributed by atoms with Gasteiger partial charge in [-0.1, -0.05) is 6.07 Å². The van der Waals surface area contributed by atoms with E-state index in [2.05, 4.69) is 4.98 Å². The van der Waals surface area contributed by atoms with Gasteiger partial charge in [-0.2, -0.15) is 0 Å². The fraction of sp³-hybridized carbons (Fsp3) is 0.357. The molecule has 4 nitrogen and oxygen atoms in total. The van der Waals surface area contributed by atoms with E-state index in [1.807, 2.05) is 30.5 Å². The van der Waals surface area contributed by atoms with Crippen LogP contribution in [0.3, 0.4) is 0 Å². The molecule has 0 bridgehead atoms. The van der Waals surface area contributed by atoms with E-state index in [-0.39, 0.29) is 12.5 Å². The molecule has 0 radical (unpaired) electrons. The third-order valence-corrected chi connectivity index (χ3v) is 3.39. The monoisotopic (exact) mass is 244 g/mol. The molecule has 1 heterocycles. The Bertz CT molecular complexity index is 572. The Kier molecular flexibility index (Phi) is 2.80. The van der Waals surface area contributed by atoms with Gasteiger partial charge in [-0.25, -0.2) is 0 Å². The van der Waals surface area contributed by atoms with E-state index >= 15 is 0 Å². The number of aliphatic hydroxyl groups excluding tert-OH is 1. The lowest BCUT2D eigenvalue weighted by molar-refractivity contribution is 0.0708. The van der Waals surface area contributed by atoms with E-state index < -0.39 is 0 Å². The summed E-state index contributed by atoms with van der Waals surface area (Å²) in [6, 6.07) is 7.98. The predicted octanol–water partition coefficient (Wildman–Crippen LogP) is 1.76. The van der Waals surface area contributed by atoms with Crippen LogP contribution in [-0.4, -0.2) is 40.1 Å². The van der Waals surface area contributed by atoms with Gasteiger partial charge in [0, 0.05) is 29.9 Å². The van der Waals surface area contributed by atoms with E-state index in [9.17, 15) is 4.79 Å². The summed E-state index contributed by atoms with van der Waals surface area (Å²) in [7, 11) is 0. The minimum absolute atomic E-state index is 0.0167. The Morgan fingerprint density at radius 3 is 2.94 bits per heavy atom. The standard InChI is InChI=1S/C14H16N2O2/c17-8-7-16(12-3-4-12)14(18)11-2-1-10-5-6-15-13(10)9-11/h1-2,5-6,9,12,15,17H,3-4,7-8H2. The molecule has 0 saturated heterocycles. The number of hydrogen-bond donors (Lipinski definition) is 2. The number of H-pyrrole nitrogens is 1. The van der Waals surface area contributed by atoms with E-state index in [0.29, 0.717) is 18.2 Å². The number of hydrogen-bond acceptors (Lipinski definition) is 2. The van der Waals surface area contributed by atoms with Crippen LogP contribution < -0.4 is 0 Å².